The van der Waals surface area contributed by atoms with Crippen molar-refractivity contribution >= 4 is 17.7 Å². The lowest BCUT2D eigenvalue weighted by molar-refractivity contribution is 0.0964. The van der Waals surface area contributed by atoms with Crippen LogP contribution in [0.5, 0.6) is 0 Å². The molecule has 2 heterocycles. The van der Waals surface area contributed by atoms with Crippen molar-refractivity contribution in [2.45, 2.75) is 0 Å². The number of aromatic nitrogens is 1. The Morgan fingerprint density at radius 2 is 2.17 bits per heavy atom. The van der Waals surface area contributed by atoms with Crippen LogP contribution in [-0.2, 0) is 4.79 Å². The first-order valence-electron chi connectivity index (χ1n) is 3.32. The molecule has 1 aliphatic heterocycles. The van der Waals surface area contributed by atoms with E-state index in [0.717, 1.165) is 0 Å². The third kappa shape index (κ3) is 0.810. The van der Waals surface area contributed by atoms with Gasteiger partial charge < -0.3 is 10.3 Å². The van der Waals surface area contributed by atoms with E-state index in [4.69, 9.17) is 0 Å². The standard InChI is InChI=1S/C7H5N3O2/c11-3-5-9-6-4(1-2-8-6)7(12)10-5/h1-2,8-9H,(H,10,12). The fourth-order valence-corrected chi connectivity index (χ4v) is 1.05. The van der Waals surface area contributed by atoms with Crippen molar-refractivity contribution in [3.63, 3.8) is 0 Å². The van der Waals surface area contributed by atoms with Crippen molar-refractivity contribution in [3.8, 4) is 0 Å². The molecule has 0 aromatic carbocycles. The maximum absolute atomic E-state index is 11.1. The number of carbonyl (C=O) groups excluding carboxylic acids is 2. The van der Waals surface area contributed by atoms with Gasteiger partial charge in [-0.15, -0.1) is 0 Å². The Morgan fingerprint density at radius 3 is 2.92 bits per heavy atom. The highest BCUT2D eigenvalue weighted by Crippen LogP contribution is 2.17. The Bertz CT molecular complexity index is 387. The second kappa shape index (κ2) is 2.25. The van der Waals surface area contributed by atoms with Crippen LogP contribution in [0.2, 0.25) is 0 Å². The number of rotatable bonds is 0. The number of hydrogen-bond donors (Lipinski definition) is 3. The molecule has 0 unspecified atom stereocenters. The van der Waals surface area contributed by atoms with Gasteiger partial charge in [-0.1, -0.05) is 0 Å². The first-order chi connectivity index (χ1) is 5.81. The van der Waals surface area contributed by atoms with Crippen LogP contribution in [0.15, 0.2) is 18.1 Å². The minimum absolute atomic E-state index is 0.0370. The molecule has 60 valence electrons. The van der Waals surface area contributed by atoms with Gasteiger partial charge in [-0.2, -0.15) is 0 Å². The quantitative estimate of drug-likeness (QED) is 0.465. The maximum atomic E-state index is 11.1. The lowest BCUT2D eigenvalue weighted by Crippen LogP contribution is -2.32. The minimum Gasteiger partial charge on any atom is -0.347 e. The van der Waals surface area contributed by atoms with Crippen molar-refractivity contribution in [2.75, 3.05) is 5.32 Å². The van der Waals surface area contributed by atoms with Gasteiger partial charge in [0.1, 0.15) is 5.82 Å². The van der Waals surface area contributed by atoms with Gasteiger partial charge in [-0.3, -0.25) is 10.1 Å². The topological polar surface area (TPSA) is 74.0 Å². The summed E-state index contributed by atoms with van der Waals surface area (Å²) in [5.41, 5.74) is 0.494. The van der Waals surface area contributed by atoms with E-state index in [9.17, 15) is 9.59 Å². The second-order valence-corrected chi connectivity index (χ2v) is 2.32. The van der Waals surface area contributed by atoms with Crippen LogP contribution in [0.3, 0.4) is 0 Å². The highest BCUT2D eigenvalue weighted by Gasteiger charge is 2.20. The van der Waals surface area contributed by atoms with Gasteiger partial charge in [-0.25, -0.2) is 4.79 Å². The van der Waals surface area contributed by atoms with E-state index in [-0.39, 0.29) is 11.7 Å². The summed E-state index contributed by atoms with van der Waals surface area (Å²) in [6.07, 6.45) is 1.62. The molecule has 0 saturated carbocycles. The summed E-state index contributed by atoms with van der Waals surface area (Å²) >= 11 is 0. The molecule has 5 heteroatoms. The van der Waals surface area contributed by atoms with Crippen LogP contribution in [0.25, 0.3) is 0 Å². The summed E-state index contributed by atoms with van der Waals surface area (Å²) in [6, 6.07) is 1.62. The number of fused-ring (bicyclic) bond motifs is 1. The number of amides is 1. The van der Waals surface area contributed by atoms with Crippen LogP contribution in [-0.4, -0.2) is 16.8 Å². The molecule has 1 aromatic rings. The molecule has 12 heavy (non-hydrogen) atoms. The largest absolute Gasteiger partial charge is 0.347 e. The number of carbonyl (C=O) groups is 1. The number of hydrogen-bond acceptors (Lipinski definition) is 3. The van der Waals surface area contributed by atoms with E-state index in [2.05, 4.69) is 15.6 Å². The third-order valence-corrected chi connectivity index (χ3v) is 1.58. The predicted octanol–water partition coefficient (Wildman–Crippen LogP) is -0.157. The molecule has 0 fully saturated rings. The van der Waals surface area contributed by atoms with Crippen molar-refractivity contribution in [3.05, 3.63) is 23.6 Å². The van der Waals surface area contributed by atoms with Crippen molar-refractivity contribution in [1.29, 1.82) is 0 Å². The number of anilines is 1. The molecule has 5 nitrogen and oxygen atoms in total. The van der Waals surface area contributed by atoms with E-state index in [1.54, 1.807) is 18.2 Å². The zero-order chi connectivity index (χ0) is 8.55. The van der Waals surface area contributed by atoms with Gasteiger partial charge >= 0.3 is 0 Å². The predicted molar refractivity (Wildman–Crippen MR) is 41.1 cm³/mol. The molecule has 0 radical (unpaired) electrons. The van der Waals surface area contributed by atoms with Crippen molar-refractivity contribution in [1.82, 2.24) is 10.3 Å². The van der Waals surface area contributed by atoms with Gasteiger partial charge in [0, 0.05) is 6.20 Å². The summed E-state index contributed by atoms with van der Waals surface area (Å²) in [6.45, 7) is 0. The highest BCUT2D eigenvalue weighted by atomic mass is 16.2. The molecule has 0 bridgehead atoms. The van der Waals surface area contributed by atoms with Crippen molar-refractivity contribution < 1.29 is 9.59 Å². The fraction of sp³-hybridized carbons (Fsp3) is 0. The number of aromatic amines is 1. The molecule has 1 amide bonds. The van der Waals surface area contributed by atoms with E-state index < -0.39 is 0 Å². The molecular weight excluding hydrogens is 158 g/mol. The highest BCUT2D eigenvalue weighted by molar-refractivity contribution is 6.03. The molecule has 0 atom stereocenters. The zero-order valence-corrected chi connectivity index (χ0v) is 5.97. The molecule has 3 N–H and O–H groups in total. The second-order valence-electron chi connectivity index (χ2n) is 2.32. The lowest BCUT2D eigenvalue weighted by atomic mass is 10.2. The Labute approximate surface area is 67.5 Å². The zero-order valence-electron chi connectivity index (χ0n) is 5.97. The summed E-state index contributed by atoms with van der Waals surface area (Å²) < 4.78 is 0. The van der Waals surface area contributed by atoms with E-state index >= 15 is 0 Å². The van der Waals surface area contributed by atoms with Gasteiger partial charge in [0.2, 0.25) is 0 Å². The SMILES string of the molecule is O=C=C1NC(=O)c2cc[nH]c2N1. The summed E-state index contributed by atoms with van der Waals surface area (Å²) in [4.78, 5) is 24.1. The van der Waals surface area contributed by atoms with Crippen LogP contribution in [0, 0.1) is 0 Å². The Kier molecular flexibility index (Phi) is 1.26. The first-order valence-corrected chi connectivity index (χ1v) is 3.32. The normalized spacial score (nSPS) is 14.3. The molecule has 0 saturated heterocycles. The van der Waals surface area contributed by atoms with Gasteiger partial charge in [0.15, 0.2) is 11.8 Å². The molecule has 0 aliphatic carbocycles. The Balaban J connectivity index is 2.51. The van der Waals surface area contributed by atoms with Gasteiger partial charge in [0.25, 0.3) is 5.91 Å². The van der Waals surface area contributed by atoms with Crippen LogP contribution >= 0.6 is 0 Å². The molecule has 1 aromatic heterocycles. The number of nitrogens with one attached hydrogen (secondary N) is 3. The lowest BCUT2D eigenvalue weighted by Gasteiger charge is -2.14. The van der Waals surface area contributed by atoms with Crippen LogP contribution in [0.1, 0.15) is 10.4 Å². The van der Waals surface area contributed by atoms with E-state index in [1.807, 2.05) is 0 Å². The molecule has 0 spiro atoms. The monoisotopic (exact) mass is 163 g/mol. The Morgan fingerprint density at radius 1 is 1.33 bits per heavy atom. The minimum atomic E-state index is -0.302. The third-order valence-electron chi connectivity index (χ3n) is 1.58. The summed E-state index contributed by atoms with van der Waals surface area (Å²) in [5.74, 6) is 1.83. The smallest absolute Gasteiger partial charge is 0.261 e. The van der Waals surface area contributed by atoms with Crippen LogP contribution < -0.4 is 10.6 Å². The van der Waals surface area contributed by atoms with E-state index in [1.165, 1.54) is 0 Å². The van der Waals surface area contributed by atoms with E-state index in [0.29, 0.717) is 11.4 Å². The average Bonchev–Trinajstić information content (AvgIpc) is 2.52. The average molecular weight is 163 g/mol. The molecule has 1 aliphatic rings. The summed E-state index contributed by atoms with van der Waals surface area (Å²) in [7, 11) is 0. The van der Waals surface area contributed by atoms with Crippen molar-refractivity contribution in [2.24, 2.45) is 0 Å². The Hall–Kier alpha value is -2.00. The molecular formula is C7H5N3O2. The van der Waals surface area contributed by atoms with Crippen LogP contribution in [0.4, 0.5) is 5.82 Å². The molecule has 2 rings (SSSR count). The fourth-order valence-electron chi connectivity index (χ4n) is 1.05. The van der Waals surface area contributed by atoms with Gasteiger partial charge in [0.05, 0.1) is 5.56 Å². The number of H-pyrrole nitrogens is 1. The first kappa shape index (κ1) is 6.69. The van der Waals surface area contributed by atoms with Gasteiger partial charge in [-0.05, 0) is 6.07 Å². The summed E-state index contributed by atoms with van der Waals surface area (Å²) in [5, 5.41) is 4.99. The maximum Gasteiger partial charge on any atom is 0.261 e.